The maximum atomic E-state index is 11.8. The van der Waals surface area contributed by atoms with Gasteiger partial charge in [0.1, 0.15) is 10.6 Å². The summed E-state index contributed by atoms with van der Waals surface area (Å²) in [5.74, 6) is -0.531. The Labute approximate surface area is 99.8 Å². The smallest absolute Gasteiger partial charge is 0.248 e. The summed E-state index contributed by atoms with van der Waals surface area (Å²) in [6.07, 6.45) is 0. The zero-order chi connectivity index (χ0) is 13.1. The van der Waals surface area contributed by atoms with Gasteiger partial charge in [-0.05, 0) is 18.2 Å². The van der Waals surface area contributed by atoms with Crippen molar-refractivity contribution in [2.24, 2.45) is 5.73 Å². The second-order valence-electron chi connectivity index (χ2n) is 3.23. The third-order valence-electron chi connectivity index (χ3n) is 2.07. The van der Waals surface area contributed by atoms with Crippen molar-refractivity contribution >= 4 is 15.9 Å². The minimum atomic E-state index is -3.69. The van der Waals surface area contributed by atoms with Crippen LogP contribution in [0.5, 0.6) is 5.75 Å². The fraction of sp³-hybridized carbons (Fsp3) is 0.300. The molecule has 0 aromatic heterocycles. The summed E-state index contributed by atoms with van der Waals surface area (Å²) in [6.45, 7) is 1.90. The number of amides is 1. The molecule has 17 heavy (non-hydrogen) atoms. The van der Waals surface area contributed by atoms with Gasteiger partial charge in [-0.3, -0.25) is 4.79 Å². The Morgan fingerprint density at radius 3 is 2.59 bits per heavy atom. The lowest BCUT2D eigenvalue weighted by Crippen LogP contribution is -2.24. The lowest BCUT2D eigenvalue weighted by Gasteiger charge is -2.10. The molecule has 0 radical (unpaired) electrons. The van der Waals surface area contributed by atoms with Crippen LogP contribution in [-0.2, 0) is 10.0 Å². The van der Waals surface area contributed by atoms with Gasteiger partial charge in [-0.1, -0.05) is 6.92 Å². The molecular formula is C10H14N2O4S. The van der Waals surface area contributed by atoms with Crippen LogP contribution >= 0.6 is 0 Å². The number of carbonyl (C=O) groups excluding carboxylic acids is 1. The molecular weight excluding hydrogens is 244 g/mol. The quantitative estimate of drug-likeness (QED) is 0.782. The van der Waals surface area contributed by atoms with Crippen LogP contribution in [0.15, 0.2) is 23.1 Å². The van der Waals surface area contributed by atoms with Crippen LogP contribution in [0.2, 0.25) is 0 Å². The number of benzene rings is 1. The molecule has 3 N–H and O–H groups in total. The number of hydrogen-bond donors (Lipinski definition) is 2. The molecule has 1 rings (SSSR count). The normalized spacial score (nSPS) is 11.2. The van der Waals surface area contributed by atoms with E-state index in [1.54, 1.807) is 6.92 Å². The first kappa shape index (κ1) is 13.5. The molecule has 1 aromatic carbocycles. The predicted molar refractivity (Wildman–Crippen MR) is 62.4 cm³/mol. The number of nitrogens with two attached hydrogens (primary N) is 1. The summed E-state index contributed by atoms with van der Waals surface area (Å²) in [5.41, 5.74) is 5.21. The molecule has 0 atom stereocenters. The first-order valence-corrected chi connectivity index (χ1v) is 6.38. The zero-order valence-corrected chi connectivity index (χ0v) is 10.4. The number of carbonyl (C=O) groups is 1. The van der Waals surface area contributed by atoms with E-state index in [-0.39, 0.29) is 22.8 Å². The van der Waals surface area contributed by atoms with E-state index in [9.17, 15) is 13.2 Å². The molecule has 6 nitrogen and oxygen atoms in total. The van der Waals surface area contributed by atoms with Gasteiger partial charge < -0.3 is 10.5 Å². The number of ether oxygens (including phenoxy) is 1. The van der Waals surface area contributed by atoms with Gasteiger partial charge in [0.2, 0.25) is 15.9 Å². The lowest BCUT2D eigenvalue weighted by molar-refractivity contribution is 0.1000. The van der Waals surface area contributed by atoms with Gasteiger partial charge in [-0.25, -0.2) is 13.1 Å². The summed E-state index contributed by atoms with van der Waals surface area (Å²) in [6, 6.07) is 4.00. The largest absolute Gasteiger partial charge is 0.495 e. The molecule has 0 unspecified atom stereocenters. The maximum absolute atomic E-state index is 11.8. The van der Waals surface area contributed by atoms with Crippen molar-refractivity contribution in [1.82, 2.24) is 4.72 Å². The number of nitrogens with one attached hydrogen (secondary N) is 1. The molecule has 94 valence electrons. The van der Waals surface area contributed by atoms with Gasteiger partial charge in [-0.2, -0.15) is 0 Å². The average molecular weight is 258 g/mol. The van der Waals surface area contributed by atoms with Crippen LogP contribution in [-0.4, -0.2) is 28.0 Å². The van der Waals surface area contributed by atoms with Gasteiger partial charge in [0.15, 0.2) is 0 Å². The van der Waals surface area contributed by atoms with Crippen molar-refractivity contribution in [3.63, 3.8) is 0 Å². The van der Waals surface area contributed by atoms with E-state index in [0.29, 0.717) is 0 Å². The van der Waals surface area contributed by atoms with E-state index in [4.69, 9.17) is 10.5 Å². The third-order valence-corrected chi connectivity index (χ3v) is 3.64. The first-order valence-electron chi connectivity index (χ1n) is 4.90. The van der Waals surface area contributed by atoms with E-state index >= 15 is 0 Å². The fourth-order valence-corrected chi connectivity index (χ4v) is 2.54. The SMILES string of the molecule is CCNS(=O)(=O)c1cc(C(N)=O)ccc1OC. The highest BCUT2D eigenvalue weighted by atomic mass is 32.2. The summed E-state index contributed by atoms with van der Waals surface area (Å²) in [4.78, 5) is 10.9. The molecule has 0 saturated carbocycles. The number of sulfonamides is 1. The van der Waals surface area contributed by atoms with Crippen LogP contribution in [0.3, 0.4) is 0 Å². The number of methoxy groups -OCH3 is 1. The maximum Gasteiger partial charge on any atom is 0.248 e. The van der Waals surface area contributed by atoms with Crippen molar-refractivity contribution in [3.05, 3.63) is 23.8 Å². The zero-order valence-electron chi connectivity index (χ0n) is 9.56. The molecule has 7 heteroatoms. The summed E-state index contributed by atoms with van der Waals surface area (Å²) in [5, 5.41) is 0. The van der Waals surface area contributed by atoms with E-state index in [1.807, 2.05) is 0 Å². The van der Waals surface area contributed by atoms with E-state index in [2.05, 4.69) is 4.72 Å². The molecule has 0 aliphatic carbocycles. The number of primary amides is 1. The average Bonchev–Trinajstić information content (AvgIpc) is 2.28. The molecule has 0 fully saturated rings. The minimum Gasteiger partial charge on any atom is -0.495 e. The summed E-state index contributed by atoms with van der Waals surface area (Å²) in [7, 11) is -2.34. The first-order chi connectivity index (χ1) is 7.92. The van der Waals surface area contributed by atoms with Crippen molar-refractivity contribution in [2.75, 3.05) is 13.7 Å². The molecule has 0 aliphatic rings. The van der Waals surface area contributed by atoms with Crippen LogP contribution in [0.25, 0.3) is 0 Å². The van der Waals surface area contributed by atoms with Crippen LogP contribution < -0.4 is 15.2 Å². The summed E-state index contributed by atoms with van der Waals surface area (Å²) >= 11 is 0. The monoisotopic (exact) mass is 258 g/mol. The highest BCUT2D eigenvalue weighted by molar-refractivity contribution is 7.89. The van der Waals surface area contributed by atoms with Crippen molar-refractivity contribution < 1.29 is 17.9 Å². The number of rotatable bonds is 5. The molecule has 1 aromatic rings. The topological polar surface area (TPSA) is 98.5 Å². The van der Waals surface area contributed by atoms with E-state index < -0.39 is 15.9 Å². The van der Waals surface area contributed by atoms with Crippen LogP contribution in [0.4, 0.5) is 0 Å². The molecule has 0 saturated heterocycles. The van der Waals surface area contributed by atoms with Gasteiger partial charge in [0.05, 0.1) is 7.11 Å². The Kier molecular flexibility index (Phi) is 4.08. The third kappa shape index (κ3) is 2.95. The van der Waals surface area contributed by atoms with Crippen molar-refractivity contribution in [3.8, 4) is 5.75 Å². The minimum absolute atomic E-state index is 0.0989. The Balaban J connectivity index is 3.38. The molecule has 0 heterocycles. The van der Waals surface area contributed by atoms with Crippen LogP contribution in [0.1, 0.15) is 17.3 Å². The van der Waals surface area contributed by atoms with Gasteiger partial charge >= 0.3 is 0 Å². The molecule has 0 aliphatic heterocycles. The van der Waals surface area contributed by atoms with Crippen molar-refractivity contribution in [2.45, 2.75) is 11.8 Å². The lowest BCUT2D eigenvalue weighted by atomic mass is 10.2. The molecule has 0 spiro atoms. The highest BCUT2D eigenvalue weighted by Gasteiger charge is 2.20. The van der Waals surface area contributed by atoms with Crippen molar-refractivity contribution in [1.29, 1.82) is 0 Å². The number of hydrogen-bond acceptors (Lipinski definition) is 4. The second-order valence-corrected chi connectivity index (χ2v) is 4.97. The van der Waals surface area contributed by atoms with Gasteiger partial charge in [0, 0.05) is 12.1 Å². The Morgan fingerprint density at radius 1 is 1.47 bits per heavy atom. The van der Waals surface area contributed by atoms with Gasteiger partial charge in [-0.15, -0.1) is 0 Å². The molecule has 1 amide bonds. The predicted octanol–water partition coefficient (Wildman–Crippen LogP) is 0.0923. The van der Waals surface area contributed by atoms with Gasteiger partial charge in [0.25, 0.3) is 0 Å². The highest BCUT2D eigenvalue weighted by Crippen LogP contribution is 2.24. The Hall–Kier alpha value is -1.60. The second kappa shape index (κ2) is 5.15. The van der Waals surface area contributed by atoms with E-state index in [0.717, 1.165) is 0 Å². The van der Waals surface area contributed by atoms with Crippen LogP contribution in [0, 0.1) is 0 Å². The summed E-state index contributed by atoms with van der Waals surface area (Å²) < 4.78 is 30.9. The molecule has 0 bridgehead atoms. The Morgan fingerprint density at radius 2 is 2.12 bits per heavy atom. The standard InChI is InChI=1S/C10H14N2O4S/c1-3-12-17(14,15)9-6-7(10(11)13)4-5-8(9)16-2/h4-6,12H,3H2,1-2H3,(H2,11,13). The fourth-order valence-electron chi connectivity index (χ4n) is 1.31. The Bertz CT molecular complexity index is 525. The van der Waals surface area contributed by atoms with E-state index in [1.165, 1.54) is 25.3 Å².